The Bertz CT molecular complexity index is 675. The van der Waals surface area contributed by atoms with Crippen molar-refractivity contribution in [2.45, 2.75) is 36.0 Å². The molecule has 2 aromatic rings. The molecule has 2 aromatic carbocycles. The van der Waals surface area contributed by atoms with E-state index in [4.69, 9.17) is 0 Å². The first-order valence-corrected chi connectivity index (χ1v) is 10.8. The monoisotopic (exact) mass is 372 g/mol. The van der Waals surface area contributed by atoms with E-state index >= 15 is 0 Å². The lowest BCUT2D eigenvalue weighted by Gasteiger charge is -2.31. The Kier molecular flexibility index (Phi) is 6.70. The number of thioether (sulfide) groups is 1. The summed E-state index contributed by atoms with van der Waals surface area (Å²) in [5.41, 5.74) is 1.92. The van der Waals surface area contributed by atoms with Crippen molar-refractivity contribution in [1.82, 2.24) is 5.32 Å². The van der Waals surface area contributed by atoms with Gasteiger partial charge in [0, 0.05) is 22.1 Å². The average Bonchev–Trinajstić information content (AvgIpc) is 2.65. The first-order chi connectivity index (χ1) is 12.3. The maximum atomic E-state index is 12.9. The van der Waals surface area contributed by atoms with Crippen LogP contribution in [0.4, 0.5) is 16.2 Å². The molecule has 1 N–H and O–H groups in total. The van der Waals surface area contributed by atoms with E-state index in [-0.39, 0.29) is 6.03 Å². The van der Waals surface area contributed by atoms with Gasteiger partial charge in [0.15, 0.2) is 0 Å². The number of rotatable bonds is 7. The molecular weight excluding hydrogens is 348 g/mol. The fourth-order valence-corrected chi connectivity index (χ4v) is 4.71. The second-order valence-electron chi connectivity index (χ2n) is 5.92. The molecule has 0 saturated carbocycles. The normalized spacial score (nSPS) is 12.4. The summed E-state index contributed by atoms with van der Waals surface area (Å²) in [7, 11) is 0. The van der Waals surface area contributed by atoms with Gasteiger partial charge in [-0.3, -0.25) is 4.90 Å². The van der Waals surface area contributed by atoms with E-state index in [0.29, 0.717) is 6.54 Å². The summed E-state index contributed by atoms with van der Waals surface area (Å²) in [4.78, 5) is 16.9. The summed E-state index contributed by atoms with van der Waals surface area (Å²) in [6, 6.07) is 16.1. The molecule has 0 saturated heterocycles. The van der Waals surface area contributed by atoms with Gasteiger partial charge in [-0.15, -0.1) is 0 Å². The van der Waals surface area contributed by atoms with Crippen LogP contribution in [0.2, 0.25) is 0 Å². The van der Waals surface area contributed by atoms with Crippen LogP contribution in [-0.4, -0.2) is 24.1 Å². The van der Waals surface area contributed by atoms with Gasteiger partial charge in [0.05, 0.1) is 11.4 Å². The Labute approximate surface area is 158 Å². The molecule has 1 aliphatic rings. The van der Waals surface area contributed by atoms with Gasteiger partial charge in [0.25, 0.3) is 0 Å². The molecular formula is C20H24N2OS2. The molecule has 0 radical (unpaired) electrons. The molecule has 0 aromatic heterocycles. The minimum atomic E-state index is -0.0469. The molecule has 0 unspecified atom stereocenters. The average molecular weight is 373 g/mol. The van der Waals surface area contributed by atoms with Crippen molar-refractivity contribution in [2.75, 3.05) is 23.0 Å². The highest BCUT2D eigenvalue weighted by Crippen LogP contribution is 2.47. The first kappa shape index (κ1) is 18.2. The number of urea groups is 1. The molecule has 0 atom stereocenters. The summed E-state index contributed by atoms with van der Waals surface area (Å²) in [5.74, 6) is 2.14. The van der Waals surface area contributed by atoms with Gasteiger partial charge in [-0.2, -0.15) is 11.8 Å². The number of fused-ring (bicyclic) bond motifs is 2. The molecule has 1 heterocycles. The molecule has 25 heavy (non-hydrogen) atoms. The zero-order chi connectivity index (χ0) is 17.5. The topological polar surface area (TPSA) is 32.3 Å². The number of carbonyl (C=O) groups excluding carboxylic acids is 1. The quantitative estimate of drug-likeness (QED) is 0.612. The summed E-state index contributed by atoms with van der Waals surface area (Å²) in [6.45, 7) is 2.92. The van der Waals surface area contributed by atoms with Crippen LogP contribution in [-0.2, 0) is 0 Å². The van der Waals surface area contributed by atoms with E-state index in [0.717, 1.165) is 26.9 Å². The van der Waals surface area contributed by atoms with Crippen LogP contribution in [0.5, 0.6) is 0 Å². The van der Waals surface area contributed by atoms with Crippen LogP contribution in [0.1, 0.15) is 26.2 Å². The van der Waals surface area contributed by atoms with Crippen molar-refractivity contribution in [3.8, 4) is 0 Å². The number of amides is 2. The minimum Gasteiger partial charge on any atom is -0.337 e. The minimum absolute atomic E-state index is 0.0469. The standard InChI is InChI=1S/C20H24N2OS2/c1-2-3-8-14-24-15-13-21-20(23)22-16-9-4-6-11-18(16)25-19-12-7-5-10-17(19)22/h4-7,9-12H,2-3,8,13-15H2,1H3,(H,21,23). The third-order valence-electron chi connectivity index (χ3n) is 4.05. The van der Waals surface area contributed by atoms with Crippen LogP contribution in [0, 0.1) is 0 Å². The summed E-state index contributed by atoms with van der Waals surface area (Å²) in [5, 5.41) is 3.08. The van der Waals surface area contributed by atoms with Gasteiger partial charge in [-0.05, 0) is 36.4 Å². The number of hydrogen-bond acceptors (Lipinski definition) is 3. The second kappa shape index (κ2) is 9.20. The fourth-order valence-electron chi connectivity index (χ4n) is 2.79. The summed E-state index contributed by atoms with van der Waals surface area (Å²) in [6.07, 6.45) is 3.81. The van der Waals surface area contributed by atoms with Crippen molar-refractivity contribution in [3.05, 3.63) is 48.5 Å². The van der Waals surface area contributed by atoms with Crippen LogP contribution in [0.3, 0.4) is 0 Å². The van der Waals surface area contributed by atoms with E-state index in [9.17, 15) is 4.79 Å². The van der Waals surface area contributed by atoms with Crippen molar-refractivity contribution >= 4 is 40.9 Å². The molecule has 0 aliphatic carbocycles. The maximum absolute atomic E-state index is 12.9. The molecule has 0 fully saturated rings. The van der Waals surface area contributed by atoms with Crippen molar-refractivity contribution in [2.24, 2.45) is 0 Å². The van der Waals surface area contributed by atoms with E-state index in [1.54, 1.807) is 11.8 Å². The Morgan fingerprint density at radius 2 is 1.64 bits per heavy atom. The molecule has 0 spiro atoms. The van der Waals surface area contributed by atoms with Crippen LogP contribution < -0.4 is 10.2 Å². The van der Waals surface area contributed by atoms with Gasteiger partial charge >= 0.3 is 6.03 Å². The Morgan fingerprint density at radius 1 is 1.00 bits per heavy atom. The van der Waals surface area contributed by atoms with Crippen LogP contribution >= 0.6 is 23.5 Å². The highest BCUT2D eigenvalue weighted by molar-refractivity contribution is 7.99. The summed E-state index contributed by atoms with van der Waals surface area (Å²) < 4.78 is 0. The number of hydrogen-bond donors (Lipinski definition) is 1. The number of carbonyl (C=O) groups is 1. The van der Waals surface area contributed by atoms with Crippen molar-refractivity contribution < 1.29 is 4.79 Å². The zero-order valence-electron chi connectivity index (χ0n) is 14.5. The van der Waals surface area contributed by atoms with E-state index in [2.05, 4.69) is 24.4 Å². The molecule has 5 heteroatoms. The Morgan fingerprint density at radius 3 is 2.28 bits per heavy atom. The van der Waals surface area contributed by atoms with Crippen molar-refractivity contribution in [1.29, 1.82) is 0 Å². The molecule has 3 nitrogen and oxygen atoms in total. The lowest BCUT2D eigenvalue weighted by atomic mass is 10.2. The largest absolute Gasteiger partial charge is 0.337 e. The SMILES string of the molecule is CCCCCSCCNC(=O)N1c2ccccc2Sc2ccccc21. The van der Waals surface area contributed by atoms with Gasteiger partial charge in [0.1, 0.15) is 0 Å². The van der Waals surface area contributed by atoms with E-state index < -0.39 is 0 Å². The van der Waals surface area contributed by atoms with Crippen LogP contribution in [0.15, 0.2) is 58.3 Å². The third-order valence-corrected chi connectivity index (χ3v) is 6.25. The number of anilines is 2. The fraction of sp³-hybridized carbons (Fsp3) is 0.350. The molecule has 132 valence electrons. The predicted octanol–water partition coefficient (Wildman–Crippen LogP) is 5.92. The van der Waals surface area contributed by atoms with Crippen molar-refractivity contribution in [3.63, 3.8) is 0 Å². The lowest BCUT2D eigenvalue weighted by molar-refractivity contribution is 0.249. The highest BCUT2D eigenvalue weighted by Gasteiger charge is 2.27. The van der Waals surface area contributed by atoms with Gasteiger partial charge in [-0.1, -0.05) is 55.8 Å². The summed E-state index contributed by atoms with van der Waals surface area (Å²) >= 11 is 3.63. The molecule has 3 rings (SSSR count). The predicted molar refractivity (Wildman–Crippen MR) is 109 cm³/mol. The number of benzene rings is 2. The Balaban J connectivity index is 1.64. The van der Waals surface area contributed by atoms with Gasteiger partial charge in [-0.25, -0.2) is 4.79 Å². The van der Waals surface area contributed by atoms with Gasteiger partial charge < -0.3 is 5.32 Å². The van der Waals surface area contributed by atoms with Crippen LogP contribution in [0.25, 0.3) is 0 Å². The molecule has 0 bridgehead atoms. The second-order valence-corrected chi connectivity index (χ2v) is 8.23. The molecule has 1 aliphatic heterocycles. The maximum Gasteiger partial charge on any atom is 0.326 e. The number of nitrogens with zero attached hydrogens (tertiary/aromatic N) is 1. The number of nitrogens with one attached hydrogen (secondary N) is 1. The van der Waals surface area contributed by atoms with E-state index in [1.165, 1.54) is 25.0 Å². The van der Waals surface area contributed by atoms with E-state index in [1.807, 2.05) is 53.1 Å². The number of para-hydroxylation sites is 2. The first-order valence-electron chi connectivity index (χ1n) is 8.83. The zero-order valence-corrected chi connectivity index (χ0v) is 16.2. The smallest absolute Gasteiger partial charge is 0.326 e. The molecule has 2 amide bonds. The highest BCUT2D eigenvalue weighted by atomic mass is 32.2. The lowest BCUT2D eigenvalue weighted by Crippen LogP contribution is -2.39. The third kappa shape index (κ3) is 4.53. The van der Waals surface area contributed by atoms with Gasteiger partial charge in [0.2, 0.25) is 0 Å². The number of unbranched alkanes of at least 4 members (excludes halogenated alkanes) is 2. The Hall–Kier alpha value is -1.59.